The third kappa shape index (κ3) is 4.14. The highest BCUT2D eigenvalue weighted by atomic mass is 32.2. The van der Waals surface area contributed by atoms with Crippen molar-refractivity contribution in [2.45, 2.75) is 38.1 Å². The predicted octanol–water partition coefficient (Wildman–Crippen LogP) is 3.68. The number of anilines is 1. The van der Waals surface area contributed by atoms with Crippen LogP contribution in [0.25, 0.3) is 0 Å². The first-order valence-corrected chi connectivity index (χ1v) is 8.27. The number of pyridine rings is 1. The Hall–Kier alpha value is -1.68. The summed E-state index contributed by atoms with van der Waals surface area (Å²) in [7, 11) is 0. The first-order chi connectivity index (χ1) is 10.1. The Kier molecular flexibility index (Phi) is 5.51. The number of thioether (sulfide) groups is 1. The van der Waals surface area contributed by atoms with Crippen LogP contribution in [0.4, 0.5) is 5.69 Å². The van der Waals surface area contributed by atoms with Crippen molar-refractivity contribution in [3.05, 3.63) is 58.0 Å². The molecule has 0 aliphatic rings. The molecule has 2 N–H and O–H groups in total. The fourth-order valence-electron chi connectivity index (χ4n) is 2.10. The highest BCUT2D eigenvalue weighted by Gasteiger charge is 2.04. The number of benzene rings is 1. The van der Waals surface area contributed by atoms with Gasteiger partial charge in [0.15, 0.2) is 0 Å². The zero-order valence-electron chi connectivity index (χ0n) is 12.6. The number of unbranched alkanes of at least 4 members (excludes halogenated alkanes) is 1. The smallest absolute Gasteiger partial charge is 0.251 e. The molecule has 1 heterocycles. The van der Waals surface area contributed by atoms with E-state index in [1.165, 1.54) is 12.8 Å². The van der Waals surface area contributed by atoms with Crippen LogP contribution in [0.1, 0.15) is 30.9 Å². The normalized spacial score (nSPS) is 10.8. The molecule has 0 unspecified atom stereocenters. The van der Waals surface area contributed by atoms with Crippen LogP contribution in [-0.2, 0) is 6.54 Å². The Balaban J connectivity index is 2.14. The van der Waals surface area contributed by atoms with Crippen molar-refractivity contribution in [3.8, 4) is 0 Å². The summed E-state index contributed by atoms with van der Waals surface area (Å²) in [5.41, 5.74) is 8.86. The van der Waals surface area contributed by atoms with E-state index in [0.29, 0.717) is 6.54 Å². The van der Waals surface area contributed by atoms with E-state index in [1.54, 1.807) is 22.4 Å². The van der Waals surface area contributed by atoms with Gasteiger partial charge in [-0.05, 0) is 42.4 Å². The number of hydrogen-bond acceptors (Lipinski definition) is 3. The molecule has 21 heavy (non-hydrogen) atoms. The highest BCUT2D eigenvalue weighted by molar-refractivity contribution is 7.99. The van der Waals surface area contributed by atoms with Gasteiger partial charge >= 0.3 is 0 Å². The van der Waals surface area contributed by atoms with Crippen LogP contribution in [0.15, 0.2) is 46.2 Å². The van der Waals surface area contributed by atoms with E-state index in [1.807, 2.05) is 37.4 Å². The third-order valence-electron chi connectivity index (χ3n) is 3.56. The molecule has 0 atom stereocenters. The maximum Gasteiger partial charge on any atom is 0.251 e. The van der Waals surface area contributed by atoms with E-state index in [2.05, 4.69) is 6.92 Å². The maximum atomic E-state index is 12.2. The van der Waals surface area contributed by atoms with Gasteiger partial charge in [0.25, 0.3) is 5.56 Å². The van der Waals surface area contributed by atoms with Gasteiger partial charge in [-0.2, -0.15) is 0 Å². The van der Waals surface area contributed by atoms with Gasteiger partial charge in [0.05, 0.1) is 6.54 Å². The maximum absolute atomic E-state index is 12.2. The molecular formula is C17H22N2OS. The van der Waals surface area contributed by atoms with Crippen LogP contribution >= 0.6 is 11.8 Å². The van der Waals surface area contributed by atoms with Gasteiger partial charge in [-0.15, -0.1) is 11.8 Å². The van der Waals surface area contributed by atoms with Gasteiger partial charge in [0.2, 0.25) is 0 Å². The number of nitrogens with zero attached hydrogens (tertiary/aromatic N) is 1. The molecule has 0 saturated heterocycles. The number of nitrogens with two attached hydrogens (primary N) is 1. The zero-order chi connectivity index (χ0) is 15.2. The molecule has 0 amide bonds. The Labute approximate surface area is 130 Å². The molecule has 0 aliphatic carbocycles. The minimum atomic E-state index is 0.0401. The van der Waals surface area contributed by atoms with Crippen molar-refractivity contribution < 1.29 is 0 Å². The van der Waals surface area contributed by atoms with Crippen LogP contribution in [0.5, 0.6) is 0 Å². The van der Waals surface area contributed by atoms with Crippen LogP contribution in [0.3, 0.4) is 0 Å². The molecule has 4 heteroatoms. The highest BCUT2D eigenvalue weighted by Crippen LogP contribution is 2.18. The van der Waals surface area contributed by atoms with E-state index >= 15 is 0 Å². The predicted molar refractivity (Wildman–Crippen MR) is 91.0 cm³/mol. The molecule has 2 aromatic rings. The Morgan fingerprint density at radius 3 is 2.81 bits per heavy atom. The third-order valence-corrected chi connectivity index (χ3v) is 4.64. The summed E-state index contributed by atoms with van der Waals surface area (Å²) in [5.74, 6) is 1.06. The zero-order valence-corrected chi connectivity index (χ0v) is 13.5. The summed E-state index contributed by atoms with van der Waals surface area (Å²) in [6, 6.07) is 9.57. The lowest BCUT2D eigenvalue weighted by Crippen LogP contribution is -2.19. The van der Waals surface area contributed by atoms with Gasteiger partial charge < -0.3 is 10.3 Å². The number of nitrogen functional groups attached to an aromatic ring is 1. The molecule has 112 valence electrons. The monoisotopic (exact) mass is 302 g/mol. The molecule has 0 spiro atoms. The standard InChI is InChI=1S/C17H22N2OS/c1-3-4-10-21-15-8-9-19(17(20)11-15)12-14-6-5-7-16(18)13(14)2/h5-9,11H,3-4,10,12,18H2,1-2H3. The first kappa shape index (κ1) is 15.7. The fraction of sp³-hybridized carbons (Fsp3) is 0.353. The van der Waals surface area contributed by atoms with Crippen molar-refractivity contribution in [2.24, 2.45) is 0 Å². The van der Waals surface area contributed by atoms with Crippen LogP contribution in [-0.4, -0.2) is 10.3 Å². The van der Waals surface area contributed by atoms with Gasteiger partial charge in [0, 0.05) is 22.8 Å². The van der Waals surface area contributed by atoms with Gasteiger partial charge in [0.1, 0.15) is 0 Å². The average Bonchev–Trinajstić information content (AvgIpc) is 2.47. The van der Waals surface area contributed by atoms with E-state index in [9.17, 15) is 4.79 Å². The summed E-state index contributed by atoms with van der Waals surface area (Å²) in [6.07, 6.45) is 4.23. The minimum absolute atomic E-state index is 0.0401. The topological polar surface area (TPSA) is 48.0 Å². The lowest BCUT2D eigenvalue weighted by molar-refractivity contribution is 0.749. The molecule has 1 aromatic heterocycles. The molecule has 0 bridgehead atoms. The summed E-state index contributed by atoms with van der Waals surface area (Å²) in [5, 5.41) is 0. The molecule has 0 aliphatic heterocycles. The van der Waals surface area contributed by atoms with E-state index in [0.717, 1.165) is 27.5 Å². The number of hydrogen-bond donors (Lipinski definition) is 1. The number of aromatic nitrogens is 1. The Morgan fingerprint density at radius 2 is 2.10 bits per heavy atom. The summed E-state index contributed by atoms with van der Waals surface area (Å²) >= 11 is 1.75. The molecular weight excluding hydrogens is 280 g/mol. The van der Waals surface area contributed by atoms with Crippen molar-refractivity contribution in [2.75, 3.05) is 11.5 Å². The van der Waals surface area contributed by atoms with Crippen molar-refractivity contribution in [1.29, 1.82) is 0 Å². The average molecular weight is 302 g/mol. The van der Waals surface area contributed by atoms with Crippen molar-refractivity contribution >= 4 is 17.4 Å². The fourth-order valence-corrected chi connectivity index (χ4v) is 3.11. The molecule has 1 aromatic carbocycles. The van der Waals surface area contributed by atoms with Gasteiger partial charge in [-0.25, -0.2) is 0 Å². The second-order valence-electron chi connectivity index (χ2n) is 5.16. The summed E-state index contributed by atoms with van der Waals surface area (Å²) in [6.45, 7) is 4.73. The van der Waals surface area contributed by atoms with Crippen LogP contribution < -0.4 is 11.3 Å². The Bertz CT molecular complexity index is 664. The van der Waals surface area contributed by atoms with Crippen molar-refractivity contribution in [1.82, 2.24) is 4.57 Å². The van der Waals surface area contributed by atoms with E-state index in [-0.39, 0.29) is 5.56 Å². The molecule has 2 rings (SSSR count). The lowest BCUT2D eigenvalue weighted by Gasteiger charge is -2.11. The minimum Gasteiger partial charge on any atom is -0.399 e. The molecule has 3 nitrogen and oxygen atoms in total. The number of rotatable bonds is 6. The SMILES string of the molecule is CCCCSc1ccn(Cc2cccc(N)c2C)c(=O)c1. The molecule has 0 fully saturated rings. The molecule has 0 radical (unpaired) electrons. The largest absolute Gasteiger partial charge is 0.399 e. The lowest BCUT2D eigenvalue weighted by atomic mass is 10.1. The second kappa shape index (κ2) is 7.36. The van der Waals surface area contributed by atoms with E-state index < -0.39 is 0 Å². The van der Waals surface area contributed by atoms with Crippen LogP contribution in [0, 0.1) is 6.92 Å². The summed E-state index contributed by atoms with van der Waals surface area (Å²) in [4.78, 5) is 13.2. The first-order valence-electron chi connectivity index (χ1n) is 7.29. The van der Waals surface area contributed by atoms with Gasteiger partial charge in [-0.1, -0.05) is 25.5 Å². The van der Waals surface area contributed by atoms with E-state index in [4.69, 9.17) is 5.73 Å². The van der Waals surface area contributed by atoms with Gasteiger partial charge in [-0.3, -0.25) is 4.79 Å². The van der Waals surface area contributed by atoms with Crippen LogP contribution in [0.2, 0.25) is 0 Å². The summed E-state index contributed by atoms with van der Waals surface area (Å²) < 4.78 is 1.73. The van der Waals surface area contributed by atoms with Crippen molar-refractivity contribution in [3.63, 3.8) is 0 Å². The second-order valence-corrected chi connectivity index (χ2v) is 6.33. The quantitative estimate of drug-likeness (QED) is 0.503. The molecule has 0 saturated carbocycles. The Morgan fingerprint density at radius 1 is 1.29 bits per heavy atom.